The van der Waals surface area contributed by atoms with Crippen LogP contribution in [0.5, 0.6) is 0 Å². The molecule has 3 rings (SSSR count). The molecule has 0 aromatic carbocycles. The van der Waals surface area contributed by atoms with Crippen molar-refractivity contribution in [1.82, 2.24) is 15.0 Å². The van der Waals surface area contributed by atoms with Gasteiger partial charge >= 0.3 is 0 Å². The zero-order valence-electron chi connectivity index (χ0n) is 17.9. The zero-order chi connectivity index (χ0) is 19.6. The molecule has 0 amide bonds. The van der Waals surface area contributed by atoms with Crippen LogP contribution >= 0.6 is 0 Å². The van der Waals surface area contributed by atoms with Gasteiger partial charge in [0.05, 0.1) is 0 Å². The van der Waals surface area contributed by atoms with E-state index in [9.17, 15) is 0 Å². The number of aromatic nitrogens is 3. The van der Waals surface area contributed by atoms with Crippen molar-refractivity contribution in [2.45, 2.75) is 80.1 Å². The van der Waals surface area contributed by atoms with Gasteiger partial charge in [0.1, 0.15) is 0 Å². The first-order valence-corrected chi connectivity index (χ1v) is 10.6. The van der Waals surface area contributed by atoms with E-state index in [4.69, 9.17) is 0 Å². The second-order valence-corrected chi connectivity index (χ2v) is 7.66. The molecule has 0 atom stereocenters. The lowest BCUT2D eigenvalue weighted by Gasteiger charge is -2.06. The van der Waals surface area contributed by atoms with Crippen LogP contribution in [0.15, 0.2) is 12.4 Å². The van der Waals surface area contributed by atoms with E-state index < -0.39 is 0 Å². The van der Waals surface area contributed by atoms with Gasteiger partial charge in [0.15, 0.2) is 0 Å². The van der Waals surface area contributed by atoms with Gasteiger partial charge in [-0.2, -0.15) is 0 Å². The molecule has 0 unspecified atom stereocenters. The van der Waals surface area contributed by atoms with Crippen molar-refractivity contribution in [3.8, 4) is 0 Å². The predicted molar refractivity (Wildman–Crippen MR) is 115 cm³/mol. The summed E-state index contributed by atoms with van der Waals surface area (Å²) in [6, 6.07) is 0. The Balaban J connectivity index is 1.98. The van der Waals surface area contributed by atoms with Crippen LogP contribution in [0.2, 0.25) is 0 Å². The Hall–Kier alpha value is -2.16. The van der Waals surface area contributed by atoms with E-state index in [1.807, 2.05) is 0 Å². The summed E-state index contributed by atoms with van der Waals surface area (Å²) in [6.45, 7) is 13.5. The van der Waals surface area contributed by atoms with Gasteiger partial charge in [-0.25, -0.2) is 0 Å². The average Bonchev–Trinajstić information content (AvgIpc) is 3.30. The minimum absolute atomic E-state index is 0.970. The smallest absolute Gasteiger partial charge is 0.0284 e. The molecule has 0 saturated carbocycles. The molecule has 3 nitrogen and oxygen atoms in total. The number of hydrogen-bond donors (Lipinski definition) is 3. The van der Waals surface area contributed by atoms with E-state index in [1.54, 1.807) is 0 Å². The van der Waals surface area contributed by atoms with Crippen LogP contribution in [0, 0.1) is 13.8 Å². The average molecular weight is 366 g/mol. The molecule has 0 aliphatic carbocycles. The first kappa shape index (κ1) is 19.6. The second kappa shape index (κ2) is 8.24. The number of rotatable bonds is 8. The number of H-pyrrole nitrogens is 3. The van der Waals surface area contributed by atoms with Crippen molar-refractivity contribution >= 4 is 0 Å². The topological polar surface area (TPSA) is 47.4 Å². The maximum Gasteiger partial charge on any atom is 0.0284 e. The van der Waals surface area contributed by atoms with Crippen molar-refractivity contribution < 1.29 is 0 Å². The molecule has 146 valence electrons. The molecule has 0 spiro atoms. The maximum absolute atomic E-state index is 3.83. The molecule has 0 fully saturated rings. The van der Waals surface area contributed by atoms with Crippen LogP contribution in [-0.2, 0) is 38.5 Å². The molecule has 27 heavy (non-hydrogen) atoms. The highest BCUT2D eigenvalue weighted by Gasteiger charge is 2.19. The molecule has 3 heteroatoms. The largest absolute Gasteiger partial charge is 0.364 e. The summed E-state index contributed by atoms with van der Waals surface area (Å²) in [5.41, 5.74) is 14.2. The molecule has 3 aromatic rings. The zero-order valence-corrected chi connectivity index (χ0v) is 17.9. The fourth-order valence-corrected chi connectivity index (χ4v) is 4.72. The second-order valence-electron chi connectivity index (χ2n) is 7.66. The van der Waals surface area contributed by atoms with E-state index in [0.29, 0.717) is 0 Å². The van der Waals surface area contributed by atoms with Gasteiger partial charge in [0.25, 0.3) is 0 Å². The van der Waals surface area contributed by atoms with Crippen LogP contribution in [-0.4, -0.2) is 15.0 Å². The third kappa shape index (κ3) is 3.65. The van der Waals surface area contributed by atoms with Crippen molar-refractivity contribution in [1.29, 1.82) is 0 Å². The Kier molecular flexibility index (Phi) is 5.98. The molecular weight excluding hydrogens is 330 g/mol. The molecule has 0 radical (unpaired) electrons. The maximum atomic E-state index is 3.83. The van der Waals surface area contributed by atoms with Gasteiger partial charge in [-0.3, -0.25) is 0 Å². The Morgan fingerprint density at radius 2 is 0.926 bits per heavy atom. The number of aromatic amines is 3. The highest BCUT2D eigenvalue weighted by Crippen LogP contribution is 2.27. The van der Waals surface area contributed by atoms with E-state index in [1.165, 1.54) is 56.2 Å². The highest BCUT2D eigenvalue weighted by atomic mass is 14.8. The van der Waals surface area contributed by atoms with Gasteiger partial charge in [0.2, 0.25) is 0 Å². The summed E-state index contributed by atoms with van der Waals surface area (Å²) in [5, 5.41) is 0. The third-order valence-electron chi connectivity index (χ3n) is 6.12. The van der Waals surface area contributed by atoms with E-state index in [-0.39, 0.29) is 0 Å². The molecule has 3 aromatic heterocycles. The van der Waals surface area contributed by atoms with Crippen LogP contribution in [0.1, 0.15) is 83.9 Å². The number of hydrogen-bond acceptors (Lipinski definition) is 0. The van der Waals surface area contributed by atoms with E-state index in [2.05, 4.69) is 68.9 Å². The Morgan fingerprint density at radius 3 is 1.26 bits per heavy atom. The fourth-order valence-electron chi connectivity index (χ4n) is 4.72. The normalized spacial score (nSPS) is 11.5. The molecule has 0 aliphatic heterocycles. The van der Waals surface area contributed by atoms with Gasteiger partial charge < -0.3 is 15.0 Å². The molecule has 3 heterocycles. The van der Waals surface area contributed by atoms with Crippen molar-refractivity contribution in [3.63, 3.8) is 0 Å². The Morgan fingerprint density at radius 1 is 0.556 bits per heavy atom. The van der Waals surface area contributed by atoms with Crippen LogP contribution in [0.3, 0.4) is 0 Å². The SMILES string of the molecule is CCc1c(C)c[nH]c1Cc1[nH]c(Cc2[nH]cc(C)c2CC)c(CC)c1CC. The minimum atomic E-state index is 0.970. The summed E-state index contributed by atoms with van der Waals surface area (Å²) in [7, 11) is 0. The van der Waals surface area contributed by atoms with E-state index >= 15 is 0 Å². The summed E-state index contributed by atoms with van der Waals surface area (Å²) >= 11 is 0. The monoisotopic (exact) mass is 365 g/mol. The minimum Gasteiger partial charge on any atom is -0.364 e. The quantitative estimate of drug-likeness (QED) is 0.457. The summed E-state index contributed by atoms with van der Waals surface area (Å²) < 4.78 is 0. The Labute approximate surface area is 164 Å². The van der Waals surface area contributed by atoms with Gasteiger partial charge in [-0.05, 0) is 72.9 Å². The summed E-state index contributed by atoms with van der Waals surface area (Å²) in [4.78, 5) is 10.9. The first-order chi connectivity index (χ1) is 13.0. The molecule has 0 bridgehead atoms. The van der Waals surface area contributed by atoms with Crippen molar-refractivity contribution in [3.05, 3.63) is 68.6 Å². The Bertz CT molecular complexity index is 832. The van der Waals surface area contributed by atoms with Crippen LogP contribution in [0.25, 0.3) is 0 Å². The van der Waals surface area contributed by atoms with Crippen LogP contribution < -0.4 is 0 Å². The summed E-state index contributed by atoms with van der Waals surface area (Å²) in [6.07, 6.45) is 10.6. The van der Waals surface area contributed by atoms with E-state index in [0.717, 1.165) is 38.5 Å². The standard InChI is InChI=1S/C24H35N3/c1-7-17-15(5)13-25-21(17)11-23-19(9-3)20(10-4)24(27-23)12-22-18(8-2)16(6)14-26-22/h13-14,25-27H,7-12H2,1-6H3. The molecular formula is C24H35N3. The van der Waals surface area contributed by atoms with Gasteiger partial charge in [0, 0.05) is 48.0 Å². The van der Waals surface area contributed by atoms with Gasteiger partial charge in [-0.1, -0.05) is 27.7 Å². The summed E-state index contributed by atoms with van der Waals surface area (Å²) in [5.74, 6) is 0. The predicted octanol–water partition coefficient (Wildman–Crippen LogP) is 5.72. The molecule has 0 aliphatic rings. The lowest BCUT2D eigenvalue weighted by atomic mass is 9.98. The molecule has 3 N–H and O–H groups in total. The van der Waals surface area contributed by atoms with Crippen molar-refractivity contribution in [2.24, 2.45) is 0 Å². The van der Waals surface area contributed by atoms with Gasteiger partial charge in [-0.15, -0.1) is 0 Å². The highest BCUT2D eigenvalue weighted by molar-refractivity contribution is 5.44. The third-order valence-corrected chi connectivity index (χ3v) is 6.12. The first-order valence-electron chi connectivity index (χ1n) is 10.6. The fraction of sp³-hybridized carbons (Fsp3) is 0.500. The lowest BCUT2D eigenvalue weighted by molar-refractivity contribution is 0.944. The van der Waals surface area contributed by atoms with Crippen LogP contribution in [0.4, 0.5) is 0 Å². The van der Waals surface area contributed by atoms with Crippen molar-refractivity contribution in [2.75, 3.05) is 0 Å². The molecule has 0 saturated heterocycles. The number of nitrogens with one attached hydrogen (secondary N) is 3. The lowest BCUT2D eigenvalue weighted by Crippen LogP contribution is -1.98. The number of aryl methyl sites for hydroxylation is 2.